The predicted molar refractivity (Wildman–Crippen MR) is 109 cm³/mol. The lowest BCUT2D eigenvalue weighted by atomic mass is 10.2. The number of hydrogen-bond acceptors (Lipinski definition) is 7. The molecule has 0 unspecified atom stereocenters. The van der Waals surface area contributed by atoms with Crippen LogP contribution >= 0.6 is 0 Å². The van der Waals surface area contributed by atoms with Crippen LogP contribution in [0.2, 0.25) is 0 Å². The number of nitrogens with zero attached hydrogens (tertiary/aromatic N) is 3. The minimum Gasteiger partial charge on any atom is -0.352 e. The van der Waals surface area contributed by atoms with E-state index in [0.717, 1.165) is 25.7 Å². The Labute approximate surface area is 170 Å². The quantitative estimate of drug-likeness (QED) is 0.290. The van der Waals surface area contributed by atoms with Gasteiger partial charge in [-0.15, -0.1) is 5.11 Å². The molecule has 29 heavy (non-hydrogen) atoms. The highest BCUT2D eigenvalue weighted by Crippen LogP contribution is 2.17. The first-order valence-corrected chi connectivity index (χ1v) is 10.7. The maximum atomic E-state index is 12.1. The molecule has 0 saturated carbocycles. The SMILES string of the molecule is NCCCCCCNC(=O)c1ccc(N=NCc2ccccc2S(=O)(=O)O)nc1. The molecule has 1 aromatic heterocycles. The van der Waals surface area contributed by atoms with Crippen molar-refractivity contribution < 1.29 is 17.8 Å². The molecule has 0 atom stereocenters. The van der Waals surface area contributed by atoms with Crippen LogP contribution in [0.3, 0.4) is 0 Å². The number of unbranched alkanes of at least 4 members (excludes halogenated alkanes) is 3. The zero-order valence-corrected chi connectivity index (χ0v) is 16.8. The number of pyridine rings is 1. The van der Waals surface area contributed by atoms with Crippen LogP contribution in [0, 0.1) is 0 Å². The van der Waals surface area contributed by atoms with Gasteiger partial charge in [0.2, 0.25) is 0 Å². The third-order valence-corrected chi connectivity index (χ3v) is 5.05. The summed E-state index contributed by atoms with van der Waals surface area (Å²) in [5.74, 6) is 0.0783. The Morgan fingerprint density at radius 2 is 1.86 bits per heavy atom. The lowest BCUT2D eigenvalue weighted by Gasteiger charge is -2.05. The van der Waals surface area contributed by atoms with Gasteiger partial charge >= 0.3 is 0 Å². The fourth-order valence-electron chi connectivity index (χ4n) is 2.58. The first-order chi connectivity index (χ1) is 13.9. The molecule has 0 saturated heterocycles. The van der Waals surface area contributed by atoms with Crippen LogP contribution in [0.25, 0.3) is 0 Å². The highest BCUT2D eigenvalue weighted by atomic mass is 32.2. The maximum absolute atomic E-state index is 12.1. The van der Waals surface area contributed by atoms with Gasteiger partial charge in [-0.05, 0) is 43.1 Å². The summed E-state index contributed by atoms with van der Waals surface area (Å²) in [4.78, 5) is 15.9. The summed E-state index contributed by atoms with van der Waals surface area (Å²) < 4.78 is 31.9. The number of azo groups is 1. The molecule has 9 nitrogen and oxygen atoms in total. The van der Waals surface area contributed by atoms with Gasteiger partial charge in [0.15, 0.2) is 5.82 Å². The topological polar surface area (TPSA) is 147 Å². The Bertz CT molecular complexity index is 930. The summed E-state index contributed by atoms with van der Waals surface area (Å²) in [5, 5.41) is 10.7. The highest BCUT2D eigenvalue weighted by molar-refractivity contribution is 7.85. The van der Waals surface area contributed by atoms with Crippen LogP contribution in [-0.4, -0.2) is 37.0 Å². The van der Waals surface area contributed by atoms with Gasteiger partial charge in [0.05, 0.1) is 17.0 Å². The maximum Gasteiger partial charge on any atom is 0.294 e. The second-order valence-corrected chi connectivity index (χ2v) is 7.74. The van der Waals surface area contributed by atoms with Gasteiger partial charge in [0, 0.05) is 12.7 Å². The van der Waals surface area contributed by atoms with Gasteiger partial charge in [0.1, 0.15) is 0 Å². The molecular weight excluding hydrogens is 394 g/mol. The van der Waals surface area contributed by atoms with Crippen molar-refractivity contribution in [1.29, 1.82) is 0 Å². The average molecular weight is 420 g/mol. The Kier molecular flexibility index (Phi) is 8.84. The zero-order chi connectivity index (χ0) is 21.1. The Morgan fingerprint density at radius 1 is 1.10 bits per heavy atom. The van der Waals surface area contributed by atoms with Crippen molar-refractivity contribution in [3.63, 3.8) is 0 Å². The van der Waals surface area contributed by atoms with Gasteiger partial charge < -0.3 is 11.1 Å². The smallest absolute Gasteiger partial charge is 0.294 e. The van der Waals surface area contributed by atoms with Crippen LogP contribution in [0.15, 0.2) is 57.7 Å². The summed E-state index contributed by atoms with van der Waals surface area (Å²) in [7, 11) is -4.33. The van der Waals surface area contributed by atoms with Crippen LogP contribution in [0.4, 0.5) is 5.82 Å². The third kappa shape index (κ3) is 7.68. The van der Waals surface area contributed by atoms with Gasteiger partial charge in [-0.3, -0.25) is 9.35 Å². The zero-order valence-electron chi connectivity index (χ0n) is 16.0. The molecule has 0 fully saturated rings. The molecule has 0 bridgehead atoms. The third-order valence-electron chi connectivity index (χ3n) is 4.09. The van der Waals surface area contributed by atoms with E-state index in [1.165, 1.54) is 18.3 Å². The summed E-state index contributed by atoms with van der Waals surface area (Å²) in [6, 6.07) is 9.13. The molecule has 0 aliphatic carbocycles. The van der Waals surface area contributed by atoms with Crippen LogP contribution in [0.1, 0.15) is 41.6 Å². The fourth-order valence-corrected chi connectivity index (χ4v) is 3.29. The number of hydrogen-bond donors (Lipinski definition) is 3. The molecule has 1 aromatic carbocycles. The van der Waals surface area contributed by atoms with Crippen molar-refractivity contribution in [2.45, 2.75) is 37.1 Å². The molecule has 2 aromatic rings. The highest BCUT2D eigenvalue weighted by Gasteiger charge is 2.14. The lowest BCUT2D eigenvalue weighted by Crippen LogP contribution is -2.24. The van der Waals surface area contributed by atoms with E-state index in [4.69, 9.17) is 5.73 Å². The van der Waals surface area contributed by atoms with Crippen LogP contribution < -0.4 is 11.1 Å². The van der Waals surface area contributed by atoms with Gasteiger partial charge in [0.25, 0.3) is 16.0 Å². The monoisotopic (exact) mass is 419 g/mol. The Hall–Kier alpha value is -2.69. The number of carbonyl (C=O) groups excluding carboxylic acids is 1. The number of amides is 1. The number of rotatable bonds is 11. The lowest BCUT2D eigenvalue weighted by molar-refractivity contribution is 0.0952. The average Bonchev–Trinajstić information content (AvgIpc) is 2.70. The largest absolute Gasteiger partial charge is 0.352 e. The number of benzene rings is 1. The summed E-state index contributed by atoms with van der Waals surface area (Å²) >= 11 is 0. The van der Waals surface area contributed by atoms with E-state index in [2.05, 4.69) is 20.5 Å². The van der Waals surface area contributed by atoms with Crippen molar-refractivity contribution in [3.8, 4) is 0 Å². The summed E-state index contributed by atoms with van der Waals surface area (Å²) in [6.07, 6.45) is 5.38. The summed E-state index contributed by atoms with van der Waals surface area (Å²) in [6.45, 7) is 1.25. The molecule has 156 valence electrons. The molecule has 0 spiro atoms. The van der Waals surface area contributed by atoms with E-state index in [-0.39, 0.29) is 23.2 Å². The van der Waals surface area contributed by atoms with E-state index in [1.54, 1.807) is 24.3 Å². The normalized spacial score (nSPS) is 11.7. The molecule has 4 N–H and O–H groups in total. The number of nitrogens with two attached hydrogens (primary N) is 1. The first-order valence-electron chi connectivity index (χ1n) is 9.29. The molecule has 1 amide bonds. The standard InChI is InChI=1S/C19H25N5O4S/c20-11-5-1-2-6-12-21-19(25)16-9-10-18(22-13-16)24-23-14-15-7-3-4-8-17(15)29(26,27)28/h3-4,7-10,13H,1-2,5-6,11-12,14,20H2,(H,21,25)(H,26,27,28). The van der Waals surface area contributed by atoms with Crippen molar-refractivity contribution in [2.75, 3.05) is 13.1 Å². The minimum atomic E-state index is -4.33. The number of aromatic nitrogens is 1. The van der Waals surface area contributed by atoms with Crippen molar-refractivity contribution >= 4 is 21.8 Å². The second-order valence-electron chi connectivity index (χ2n) is 6.35. The second kappa shape index (κ2) is 11.3. The van der Waals surface area contributed by atoms with Gasteiger partial charge in [-0.1, -0.05) is 31.0 Å². The van der Waals surface area contributed by atoms with Crippen molar-refractivity contribution in [3.05, 3.63) is 53.7 Å². The molecule has 0 aliphatic heterocycles. The van der Waals surface area contributed by atoms with E-state index in [1.807, 2.05) is 0 Å². The number of nitrogens with one attached hydrogen (secondary N) is 1. The van der Waals surface area contributed by atoms with Crippen molar-refractivity contribution in [1.82, 2.24) is 10.3 Å². The van der Waals surface area contributed by atoms with E-state index in [9.17, 15) is 17.8 Å². The minimum absolute atomic E-state index is 0.0377. The Balaban J connectivity index is 1.87. The molecule has 10 heteroatoms. The molecule has 0 radical (unpaired) electrons. The van der Waals surface area contributed by atoms with Crippen molar-refractivity contribution in [2.24, 2.45) is 16.0 Å². The predicted octanol–water partition coefficient (Wildman–Crippen LogP) is 2.86. The first kappa shape index (κ1) is 22.6. The van der Waals surface area contributed by atoms with Crippen LogP contribution in [0.5, 0.6) is 0 Å². The van der Waals surface area contributed by atoms with E-state index in [0.29, 0.717) is 24.2 Å². The van der Waals surface area contributed by atoms with E-state index < -0.39 is 10.1 Å². The number of carbonyl (C=O) groups is 1. The fraction of sp³-hybridized carbons (Fsp3) is 0.368. The Morgan fingerprint density at radius 3 is 2.55 bits per heavy atom. The van der Waals surface area contributed by atoms with Gasteiger partial charge in [-0.2, -0.15) is 13.5 Å². The molecule has 1 heterocycles. The summed E-state index contributed by atoms with van der Waals surface area (Å²) in [5.41, 5.74) is 6.18. The molecular formula is C19H25N5O4S. The van der Waals surface area contributed by atoms with Gasteiger partial charge in [-0.25, -0.2) is 4.98 Å². The molecule has 2 rings (SSSR count). The van der Waals surface area contributed by atoms with E-state index >= 15 is 0 Å². The van der Waals surface area contributed by atoms with Crippen LogP contribution in [-0.2, 0) is 16.7 Å². The molecule has 0 aliphatic rings.